The van der Waals surface area contributed by atoms with Crippen LogP contribution in [0.5, 0.6) is 0 Å². The van der Waals surface area contributed by atoms with Crippen LogP contribution < -0.4 is 4.90 Å². The lowest BCUT2D eigenvalue weighted by Gasteiger charge is -2.20. The van der Waals surface area contributed by atoms with Crippen LogP contribution in [0.4, 0.5) is 5.69 Å². The molecule has 2 aromatic carbocycles. The van der Waals surface area contributed by atoms with Crippen molar-refractivity contribution in [2.75, 3.05) is 4.90 Å². The first kappa shape index (κ1) is 15.9. The van der Waals surface area contributed by atoms with Crippen LogP contribution in [0.1, 0.15) is 55.5 Å². The van der Waals surface area contributed by atoms with Gasteiger partial charge in [-0.1, -0.05) is 37.6 Å². The number of carbonyl (C=O) groups is 3. The summed E-state index contributed by atoms with van der Waals surface area (Å²) in [6.07, 6.45) is 1.61. The quantitative estimate of drug-likeness (QED) is 0.875. The highest BCUT2D eigenvalue weighted by Gasteiger charge is 2.40. The molecular weight excluding hydrogens is 306 g/mol. The lowest BCUT2D eigenvalue weighted by atomic mass is 10.0. The second-order valence-corrected chi connectivity index (χ2v) is 5.81. The number of benzene rings is 2. The van der Waals surface area contributed by atoms with E-state index in [1.807, 2.05) is 32.0 Å². The molecule has 1 aliphatic heterocycles. The van der Waals surface area contributed by atoms with E-state index in [0.29, 0.717) is 5.69 Å². The summed E-state index contributed by atoms with van der Waals surface area (Å²) < 4.78 is 0. The molecule has 24 heavy (non-hydrogen) atoms. The molecule has 5 nitrogen and oxygen atoms in total. The van der Waals surface area contributed by atoms with Crippen LogP contribution in [0.25, 0.3) is 0 Å². The summed E-state index contributed by atoms with van der Waals surface area (Å²) in [4.78, 5) is 38.2. The fourth-order valence-corrected chi connectivity index (χ4v) is 3.18. The zero-order valence-electron chi connectivity index (χ0n) is 13.5. The first-order valence-corrected chi connectivity index (χ1v) is 7.81. The molecule has 122 valence electrons. The van der Waals surface area contributed by atoms with Crippen molar-refractivity contribution in [3.63, 3.8) is 0 Å². The number of anilines is 1. The average Bonchev–Trinajstić information content (AvgIpc) is 2.80. The smallest absolute Gasteiger partial charge is 0.336 e. The van der Waals surface area contributed by atoms with E-state index in [2.05, 4.69) is 0 Å². The Kier molecular flexibility index (Phi) is 3.93. The number of aromatic carboxylic acids is 1. The highest BCUT2D eigenvalue weighted by Crippen LogP contribution is 2.35. The lowest BCUT2D eigenvalue weighted by Crippen LogP contribution is -2.31. The average molecular weight is 323 g/mol. The molecule has 0 saturated heterocycles. The molecule has 2 aromatic rings. The van der Waals surface area contributed by atoms with Crippen LogP contribution >= 0.6 is 0 Å². The van der Waals surface area contributed by atoms with Gasteiger partial charge < -0.3 is 5.11 Å². The van der Waals surface area contributed by atoms with E-state index in [9.17, 15) is 19.5 Å². The van der Waals surface area contributed by atoms with E-state index in [4.69, 9.17) is 0 Å². The van der Waals surface area contributed by atoms with E-state index < -0.39 is 17.8 Å². The molecule has 0 saturated carbocycles. The van der Waals surface area contributed by atoms with Gasteiger partial charge in [-0.25, -0.2) is 9.69 Å². The Balaban J connectivity index is 2.20. The number of aryl methyl sites for hydroxylation is 2. The second kappa shape index (κ2) is 5.92. The summed E-state index contributed by atoms with van der Waals surface area (Å²) >= 11 is 0. The van der Waals surface area contributed by atoms with Crippen LogP contribution in [0.3, 0.4) is 0 Å². The molecule has 0 bridgehead atoms. The monoisotopic (exact) mass is 323 g/mol. The molecule has 0 unspecified atom stereocenters. The van der Waals surface area contributed by atoms with Crippen LogP contribution in [-0.4, -0.2) is 22.9 Å². The third kappa shape index (κ3) is 2.29. The van der Waals surface area contributed by atoms with E-state index in [1.165, 1.54) is 18.2 Å². The predicted octanol–water partition coefficient (Wildman–Crippen LogP) is 3.45. The molecule has 0 spiro atoms. The Morgan fingerprint density at radius 1 is 1.08 bits per heavy atom. The van der Waals surface area contributed by atoms with Crippen molar-refractivity contribution in [3.8, 4) is 0 Å². The maximum atomic E-state index is 12.9. The van der Waals surface area contributed by atoms with E-state index >= 15 is 0 Å². The number of carboxylic acids is 1. The lowest BCUT2D eigenvalue weighted by molar-refractivity contribution is 0.0692. The summed E-state index contributed by atoms with van der Waals surface area (Å²) in [6.45, 7) is 3.87. The molecule has 1 heterocycles. The van der Waals surface area contributed by atoms with Gasteiger partial charge in [0, 0.05) is 0 Å². The maximum absolute atomic E-state index is 12.9. The molecule has 1 aliphatic rings. The van der Waals surface area contributed by atoms with Gasteiger partial charge in [0.15, 0.2) is 0 Å². The van der Waals surface area contributed by atoms with Gasteiger partial charge in [-0.2, -0.15) is 0 Å². The minimum Gasteiger partial charge on any atom is -0.478 e. The van der Waals surface area contributed by atoms with Gasteiger partial charge in [-0.3, -0.25) is 9.59 Å². The molecule has 5 heteroatoms. The number of amides is 2. The number of hydrogen-bond donors (Lipinski definition) is 1. The highest BCUT2D eigenvalue weighted by molar-refractivity contribution is 6.36. The normalized spacial score (nSPS) is 13.3. The summed E-state index contributed by atoms with van der Waals surface area (Å²) in [5.74, 6) is -2.25. The second-order valence-electron chi connectivity index (χ2n) is 5.81. The molecule has 2 amide bonds. The largest absolute Gasteiger partial charge is 0.478 e. The SMILES string of the molecule is CCCc1cccc(C)c1N1C(=O)c2cccc(C(=O)O)c2C1=O. The molecule has 0 fully saturated rings. The molecule has 0 atom stereocenters. The minimum atomic E-state index is -1.21. The number of imide groups is 1. The fraction of sp³-hybridized carbons (Fsp3) is 0.211. The van der Waals surface area contributed by atoms with Crippen molar-refractivity contribution >= 4 is 23.5 Å². The van der Waals surface area contributed by atoms with Gasteiger partial charge in [0.25, 0.3) is 11.8 Å². The van der Waals surface area contributed by atoms with Crippen LogP contribution in [0.15, 0.2) is 36.4 Å². The van der Waals surface area contributed by atoms with Crippen molar-refractivity contribution < 1.29 is 19.5 Å². The molecule has 0 aromatic heterocycles. The summed E-state index contributed by atoms with van der Waals surface area (Å²) in [7, 11) is 0. The minimum absolute atomic E-state index is 0.0271. The Bertz CT molecular complexity index is 870. The predicted molar refractivity (Wildman–Crippen MR) is 89.7 cm³/mol. The zero-order chi connectivity index (χ0) is 17.4. The molecule has 0 radical (unpaired) electrons. The number of carboxylic acid groups (broad SMARTS) is 1. The van der Waals surface area contributed by atoms with Gasteiger partial charge in [-0.05, 0) is 36.6 Å². The number of nitrogens with zero attached hydrogens (tertiary/aromatic N) is 1. The van der Waals surface area contributed by atoms with Gasteiger partial charge in [-0.15, -0.1) is 0 Å². The third-order valence-electron chi connectivity index (χ3n) is 4.21. The Hall–Kier alpha value is -2.95. The highest BCUT2D eigenvalue weighted by atomic mass is 16.4. The van der Waals surface area contributed by atoms with Crippen molar-refractivity contribution in [2.45, 2.75) is 26.7 Å². The van der Waals surface area contributed by atoms with E-state index in [1.54, 1.807) is 0 Å². The first-order chi connectivity index (χ1) is 11.5. The Morgan fingerprint density at radius 3 is 2.46 bits per heavy atom. The number of rotatable bonds is 4. The van der Waals surface area contributed by atoms with E-state index in [0.717, 1.165) is 28.9 Å². The van der Waals surface area contributed by atoms with Crippen LogP contribution in [0, 0.1) is 6.92 Å². The molecule has 1 N–H and O–H groups in total. The molecule has 3 rings (SSSR count). The van der Waals surface area contributed by atoms with Crippen LogP contribution in [-0.2, 0) is 6.42 Å². The van der Waals surface area contributed by atoms with Crippen molar-refractivity contribution in [3.05, 3.63) is 64.2 Å². The third-order valence-corrected chi connectivity index (χ3v) is 4.21. The topological polar surface area (TPSA) is 74.7 Å². The standard InChI is InChI=1S/C19H17NO4/c1-3-6-12-8-4-7-11(2)16(12)20-17(21)13-9-5-10-14(19(23)24)15(13)18(20)22/h4-5,7-10H,3,6H2,1-2H3,(H,23,24). The van der Waals surface area contributed by atoms with Crippen LogP contribution in [0.2, 0.25) is 0 Å². The van der Waals surface area contributed by atoms with Crippen molar-refractivity contribution in [1.82, 2.24) is 0 Å². The number of hydrogen-bond acceptors (Lipinski definition) is 3. The number of fused-ring (bicyclic) bond motifs is 1. The number of para-hydroxylation sites is 1. The Labute approximate surface area is 139 Å². The first-order valence-electron chi connectivity index (χ1n) is 7.81. The number of carbonyl (C=O) groups excluding carboxylic acids is 2. The fourth-order valence-electron chi connectivity index (χ4n) is 3.18. The zero-order valence-corrected chi connectivity index (χ0v) is 13.5. The molecular formula is C19H17NO4. The van der Waals surface area contributed by atoms with E-state index in [-0.39, 0.29) is 16.7 Å². The summed E-state index contributed by atoms with van der Waals surface area (Å²) in [5, 5.41) is 9.32. The maximum Gasteiger partial charge on any atom is 0.336 e. The van der Waals surface area contributed by atoms with Crippen molar-refractivity contribution in [1.29, 1.82) is 0 Å². The van der Waals surface area contributed by atoms with Crippen molar-refractivity contribution in [2.24, 2.45) is 0 Å². The van der Waals surface area contributed by atoms with Gasteiger partial charge >= 0.3 is 5.97 Å². The Morgan fingerprint density at radius 2 is 1.79 bits per heavy atom. The van der Waals surface area contributed by atoms with Gasteiger partial charge in [0.1, 0.15) is 0 Å². The summed E-state index contributed by atoms with van der Waals surface area (Å²) in [5.41, 5.74) is 2.27. The summed E-state index contributed by atoms with van der Waals surface area (Å²) in [6, 6.07) is 9.97. The molecule has 0 aliphatic carbocycles. The van der Waals surface area contributed by atoms with Gasteiger partial charge in [0.05, 0.1) is 22.4 Å². The van der Waals surface area contributed by atoms with Gasteiger partial charge in [0.2, 0.25) is 0 Å².